The van der Waals surface area contributed by atoms with Crippen molar-refractivity contribution in [2.45, 2.75) is 39.7 Å². The highest BCUT2D eigenvalue weighted by molar-refractivity contribution is 6.33. The number of hydrogen-bond acceptors (Lipinski definition) is 3. The third-order valence-electron chi connectivity index (χ3n) is 3.78. The van der Waals surface area contributed by atoms with Gasteiger partial charge in [-0.1, -0.05) is 36.2 Å². The Morgan fingerprint density at radius 3 is 2.22 bits per heavy atom. The molecule has 2 aromatic rings. The number of nitrogens with zero attached hydrogens (tertiary/aromatic N) is 2. The topological polar surface area (TPSA) is 62.3 Å². The zero-order chi connectivity index (χ0) is 20.4. The summed E-state index contributed by atoms with van der Waals surface area (Å²) in [6, 6.07) is 7.06. The molecule has 5 nitrogen and oxygen atoms in total. The van der Waals surface area contributed by atoms with Gasteiger partial charge in [0, 0.05) is 5.56 Å². The first-order chi connectivity index (χ1) is 12.5. The van der Waals surface area contributed by atoms with E-state index in [4.69, 9.17) is 23.2 Å². The first kappa shape index (κ1) is 21.1. The van der Waals surface area contributed by atoms with E-state index in [0.29, 0.717) is 6.42 Å². The maximum Gasteiger partial charge on any atom is 0.273 e. The van der Waals surface area contributed by atoms with Crippen LogP contribution in [0.15, 0.2) is 30.3 Å². The van der Waals surface area contributed by atoms with Crippen LogP contribution >= 0.6 is 23.2 Å². The zero-order valence-electron chi connectivity index (χ0n) is 15.4. The fourth-order valence-electron chi connectivity index (χ4n) is 2.37. The standard InChI is InChI=1S/C19H20Cl2FN3O2/c1-5-11-6-7-13(14(22)8-11)17(26)24-25(19(2,3)4)18(27)12-9-15(20)23-16(21)10-12/h6-10H,5H2,1-4H3,(H,24,26). The van der Waals surface area contributed by atoms with E-state index < -0.39 is 23.2 Å². The summed E-state index contributed by atoms with van der Waals surface area (Å²) >= 11 is 11.7. The van der Waals surface area contributed by atoms with Crippen LogP contribution < -0.4 is 5.43 Å². The minimum absolute atomic E-state index is 0.0484. The Morgan fingerprint density at radius 2 is 1.74 bits per heavy atom. The fraction of sp³-hybridized carbons (Fsp3) is 0.316. The number of hydrogen-bond donors (Lipinski definition) is 1. The summed E-state index contributed by atoms with van der Waals surface area (Å²) in [6.07, 6.45) is 0.648. The summed E-state index contributed by atoms with van der Waals surface area (Å²) in [6.45, 7) is 7.07. The number of nitrogens with one attached hydrogen (secondary N) is 1. The normalized spacial score (nSPS) is 11.2. The van der Waals surface area contributed by atoms with Gasteiger partial charge in [0.05, 0.1) is 11.1 Å². The molecule has 1 heterocycles. The fourth-order valence-corrected chi connectivity index (χ4v) is 2.83. The molecule has 0 atom stereocenters. The largest absolute Gasteiger partial charge is 0.273 e. The number of benzene rings is 1. The SMILES string of the molecule is CCc1ccc(C(=O)NN(C(=O)c2cc(Cl)nc(Cl)c2)C(C)(C)C)c(F)c1. The van der Waals surface area contributed by atoms with Gasteiger partial charge in [0.25, 0.3) is 11.8 Å². The van der Waals surface area contributed by atoms with Crippen molar-refractivity contribution >= 4 is 35.0 Å². The Labute approximate surface area is 167 Å². The van der Waals surface area contributed by atoms with Crippen molar-refractivity contribution in [2.75, 3.05) is 0 Å². The van der Waals surface area contributed by atoms with Gasteiger partial charge in [-0.2, -0.15) is 0 Å². The molecule has 27 heavy (non-hydrogen) atoms. The zero-order valence-corrected chi connectivity index (χ0v) is 17.0. The monoisotopic (exact) mass is 411 g/mol. The van der Waals surface area contributed by atoms with Crippen molar-refractivity contribution in [2.24, 2.45) is 0 Å². The van der Waals surface area contributed by atoms with Gasteiger partial charge in [0.15, 0.2) is 0 Å². The Hall–Kier alpha value is -2.18. The van der Waals surface area contributed by atoms with E-state index in [-0.39, 0.29) is 21.4 Å². The van der Waals surface area contributed by atoms with Crippen molar-refractivity contribution in [1.82, 2.24) is 15.4 Å². The minimum Gasteiger partial charge on any atom is -0.267 e. The molecule has 0 radical (unpaired) electrons. The number of carbonyl (C=O) groups excluding carboxylic acids is 2. The second-order valence-electron chi connectivity index (χ2n) is 6.92. The van der Waals surface area contributed by atoms with Crippen LogP contribution in [0.3, 0.4) is 0 Å². The number of aryl methyl sites for hydroxylation is 1. The van der Waals surface area contributed by atoms with Crippen LogP contribution in [-0.4, -0.2) is 27.3 Å². The summed E-state index contributed by atoms with van der Waals surface area (Å²) in [5.74, 6) is -1.93. The third kappa shape index (κ3) is 5.17. The molecule has 1 N–H and O–H groups in total. The lowest BCUT2D eigenvalue weighted by Gasteiger charge is -2.35. The van der Waals surface area contributed by atoms with Crippen molar-refractivity contribution in [3.63, 3.8) is 0 Å². The Balaban J connectivity index is 2.34. The maximum absolute atomic E-state index is 14.3. The van der Waals surface area contributed by atoms with E-state index in [2.05, 4.69) is 10.4 Å². The minimum atomic E-state index is -0.797. The third-order valence-corrected chi connectivity index (χ3v) is 4.17. The Morgan fingerprint density at radius 1 is 1.15 bits per heavy atom. The van der Waals surface area contributed by atoms with E-state index in [0.717, 1.165) is 10.6 Å². The first-order valence-corrected chi connectivity index (χ1v) is 9.05. The van der Waals surface area contributed by atoms with Gasteiger partial charge in [0.1, 0.15) is 16.1 Å². The van der Waals surface area contributed by atoms with E-state index >= 15 is 0 Å². The number of aromatic nitrogens is 1. The van der Waals surface area contributed by atoms with E-state index in [9.17, 15) is 14.0 Å². The highest BCUT2D eigenvalue weighted by Crippen LogP contribution is 2.20. The molecule has 144 valence electrons. The van der Waals surface area contributed by atoms with Crippen LogP contribution in [-0.2, 0) is 6.42 Å². The second kappa shape index (κ2) is 8.23. The van der Waals surface area contributed by atoms with Crippen LogP contribution in [0.5, 0.6) is 0 Å². The molecular weight excluding hydrogens is 392 g/mol. The van der Waals surface area contributed by atoms with Crippen LogP contribution in [0.25, 0.3) is 0 Å². The van der Waals surface area contributed by atoms with Crippen molar-refractivity contribution in [3.8, 4) is 0 Å². The summed E-state index contributed by atoms with van der Waals surface area (Å²) < 4.78 is 14.3. The number of rotatable bonds is 3. The maximum atomic E-state index is 14.3. The van der Waals surface area contributed by atoms with Gasteiger partial charge in [-0.15, -0.1) is 0 Å². The molecule has 1 aromatic carbocycles. The molecule has 8 heteroatoms. The van der Waals surface area contributed by atoms with Gasteiger partial charge >= 0.3 is 0 Å². The van der Waals surface area contributed by atoms with E-state index in [1.165, 1.54) is 24.3 Å². The lowest BCUT2D eigenvalue weighted by molar-refractivity contribution is 0.0357. The molecular formula is C19H20Cl2FN3O2. The highest BCUT2D eigenvalue weighted by Gasteiger charge is 2.30. The quantitative estimate of drug-likeness (QED) is 0.589. The van der Waals surface area contributed by atoms with Crippen LogP contribution in [0.1, 0.15) is 54.0 Å². The van der Waals surface area contributed by atoms with Crippen molar-refractivity contribution in [1.29, 1.82) is 0 Å². The van der Waals surface area contributed by atoms with Crippen molar-refractivity contribution < 1.29 is 14.0 Å². The number of carbonyl (C=O) groups is 2. The molecule has 0 unspecified atom stereocenters. The van der Waals surface area contributed by atoms with Gasteiger partial charge in [-0.05, 0) is 57.0 Å². The van der Waals surface area contributed by atoms with Crippen LogP contribution in [0.2, 0.25) is 10.3 Å². The van der Waals surface area contributed by atoms with Crippen LogP contribution in [0.4, 0.5) is 4.39 Å². The molecule has 0 saturated heterocycles. The summed E-state index contributed by atoms with van der Waals surface area (Å²) in [7, 11) is 0. The predicted octanol–water partition coefficient (Wildman–Crippen LogP) is 4.68. The Bertz CT molecular complexity index is 861. The number of hydrazine groups is 1. The molecule has 0 aliphatic heterocycles. The molecule has 1 aromatic heterocycles. The Kier molecular flexibility index (Phi) is 6.44. The number of amides is 2. The molecule has 0 saturated carbocycles. The van der Waals surface area contributed by atoms with E-state index in [1.807, 2.05) is 6.92 Å². The molecule has 2 amide bonds. The van der Waals surface area contributed by atoms with Gasteiger partial charge in [-0.3, -0.25) is 15.0 Å². The first-order valence-electron chi connectivity index (χ1n) is 8.30. The predicted molar refractivity (Wildman–Crippen MR) is 103 cm³/mol. The van der Waals surface area contributed by atoms with E-state index in [1.54, 1.807) is 26.8 Å². The second-order valence-corrected chi connectivity index (χ2v) is 7.70. The summed E-state index contributed by atoms with van der Waals surface area (Å²) in [5, 5.41) is 1.21. The molecule has 0 spiro atoms. The highest BCUT2D eigenvalue weighted by atomic mass is 35.5. The van der Waals surface area contributed by atoms with Crippen molar-refractivity contribution in [3.05, 3.63) is 63.1 Å². The molecule has 0 bridgehead atoms. The smallest absolute Gasteiger partial charge is 0.267 e. The van der Waals surface area contributed by atoms with Gasteiger partial charge in [-0.25, -0.2) is 14.4 Å². The number of pyridine rings is 1. The molecule has 0 aliphatic carbocycles. The number of halogens is 3. The van der Waals surface area contributed by atoms with Gasteiger partial charge < -0.3 is 0 Å². The molecule has 0 aliphatic rings. The van der Waals surface area contributed by atoms with Gasteiger partial charge in [0.2, 0.25) is 0 Å². The summed E-state index contributed by atoms with van der Waals surface area (Å²) in [5.41, 5.74) is 2.46. The lowest BCUT2D eigenvalue weighted by Crippen LogP contribution is -2.56. The average Bonchev–Trinajstić information content (AvgIpc) is 2.56. The lowest BCUT2D eigenvalue weighted by atomic mass is 10.1. The average molecular weight is 412 g/mol. The van der Waals surface area contributed by atoms with Crippen LogP contribution in [0, 0.1) is 5.82 Å². The molecule has 2 rings (SSSR count). The molecule has 0 fully saturated rings. The summed E-state index contributed by atoms with van der Waals surface area (Å²) in [4.78, 5) is 29.3.